The summed E-state index contributed by atoms with van der Waals surface area (Å²) in [5, 5.41) is 28.5. The molecule has 29 heavy (non-hydrogen) atoms. The number of carbonyl (C=O) groups is 1. The van der Waals surface area contributed by atoms with Gasteiger partial charge in [0.2, 0.25) is 5.75 Å². The van der Waals surface area contributed by atoms with Crippen molar-refractivity contribution in [3.8, 4) is 40.5 Å². The highest BCUT2D eigenvalue weighted by molar-refractivity contribution is 7.99. The molecule has 0 aliphatic heterocycles. The number of aliphatic carboxylic acids is 1. The number of nitriles is 2. The zero-order valence-electron chi connectivity index (χ0n) is 16.0. The maximum Gasteiger partial charge on any atom is 0.304 e. The van der Waals surface area contributed by atoms with E-state index in [9.17, 15) is 15.3 Å². The van der Waals surface area contributed by atoms with Crippen molar-refractivity contribution < 1.29 is 24.1 Å². The lowest BCUT2D eigenvalue weighted by Crippen LogP contribution is -2.05. The van der Waals surface area contributed by atoms with Gasteiger partial charge in [0.05, 0.1) is 33.3 Å². The number of carboxylic acids is 1. The summed E-state index contributed by atoms with van der Waals surface area (Å²) in [4.78, 5) is 14.9. The maximum atomic E-state index is 10.8. The van der Waals surface area contributed by atoms with Gasteiger partial charge in [-0.3, -0.25) is 4.79 Å². The standard InChI is InChI=1S/C19H18N4O5S/c1-26-13-6-10(7-14(27-2)17(13)28-3)16-11(8-20)18(22)23-19(12(16)9-21)29-5-4-15(24)25/h6-7H,4-5H2,1-3H3,(H2,22,23)(H,24,25). The van der Waals surface area contributed by atoms with E-state index in [1.54, 1.807) is 12.1 Å². The molecule has 1 aromatic carbocycles. The molecule has 0 saturated carbocycles. The molecule has 0 aliphatic rings. The van der Waals surface area contributed by atoms with Gasteiger partial charge >= 0.3 is 5.97 Å². The third kappa shape index (κ3) is 4.45. The Kier molecular flexibility index (Phi) is 7.12. The van der Waals surface area contributed by atoms with Gasteiger partial charge < -0.3 is 25.1 Å². The zero-order chi connectivity index (χ0) is 21.6. The highest BCUT2D eigenvalue weighted by atomic mass is 32.2. The minimum Gasteiger partial charge on any atom is -0.493 e. The molecule has 0 fully saturated rings. The molecule has 2 rings (SSSR count). The molecule has 0 atom stereocenters. The summed E-state index contributed by atoms with van der Waals surface area (Å²) in [6.45, 7) is 0. The van der Waals surface area contributed by atoms with Crippen LogP contribution >= 0.6 is 11.8 Å². The van der Waals surface area contributed by atoms with Crippen molar-refractivity contribution in [3.05, 3.63) is 23.3 Å². The van der Waals surface area contributed by atoms with E-state index < -0.39 is 5.97 Å². The quantitative estimate of drug-likeness (QED) is 0.617. The molecule has 10 heteroatoms. The second-order valence-corrected chi connectivity index (χ2v) is 6.64. The summed E-state index contributed by atoms with van der Waals surface area (Å²) < 4.78 is 16.0. The van der Waals surface area contributed by atoms with Gasteiger partial charge in [-0.05, 0) is 17.7 Å². The molecule has 1 heterocycles. The van der Waals surface area contributed by atoms with E-state index in [4.69, 9.17) is 25.1 Å². The molecule has 1 aromatic heterocycles. The fourth-order valence-corrected chi connectivity index (χ4v) is 3.58. The van der Waals surface area contributed by atoms with Crippen molar-refractivity contribution in [1.82, 2.24) is 4.98 Å². The van der Waals surface area contributed by atoms with Gasteiger partial charge in [0.1, 0.15) is 28.5 Å². The van der Waals surface area contributed by atoms with Gasteiger partial charge in [-0.15, -0.1) is 11.8 Å². The monoisotopic (exact) mass is 414 g/mol. The number of aromatic nitrogens is 1. The molecular formula is C19H18N4O5S. The van der Waals surface area contributed by atoms with Crippen molar-refractivity contribution in [2.45, 2.75) is 11.4 Å². The van der Waals surface area contributed by atoms with Crippen LogP contribution in [0.4, 0.5) is 5.82 Å². The van der Waals surface area contributed by atoms with Crippen molar-refractivity contribution in [3.63, 3.8) is 0 Å². The van der Waals surface area contributed by atoms with Crippen LogP contribution in [0.1, 0.15) is 17.5 Å². The van der Waals surface area contributed by atoms with Crippen molar-refractivity contribution in [1.29, 1.82) is 10.5 Å². The topological polar surface area (TPSA) is 151 Å². The molecule has 0 unspecified atom stereocenters. The number of benzene rings is 1. The average Bonchev–Trinajstić information content (AvgIpc) is 2.71. The highest BCUT2D eigenvalue weighted by Gasteiger charge is 2.23. The number of nitrogen functional groups attached to an aromatic ring is 1. The Morgan fingerprint density at radius 2 is 1.72 bits per heavy atom. The van der Waals surface area contributed by atoms with Crippen molar-refractivity contribution in [2.75, 3.05) is 32.8 Å². The number of nitrogens with two attached hydrogens (primary N) is 1. The second kappa shape index (κ2) is 9.53. The van der Waals surface area contributed by atoms with Crippen LogP contribution in [0.5, 0.6) is 17.2 Å². The first-order valence-corrected chi connectivity index (χ1v) is 9.18. The van der Waals surface area contributed by atoms with Gasteiger partial charge in [0, 0.05) is 11.3 Å². The van der Waals surface area contributed by atoms with E-state index in [0.717, 1.165) is 11.8 Å². The van der Waals surface area contributed by atoms with Gasteiger partial charge in [-0.1, -0.05) is 0 Å². The number of ether oxygens (including phenoxy) is 3. The first-order valence-electron chi connectivity index (χ1n) is 8.20. The molecule has 9 nitrogen and oxygen atoms in total. The van der Waals surface area contributed by atoms with Crippen LogP contribution in [0.2, 0.25) is 0 Å². The first kappa shape index (κ1) is 21.7. The molecule has 0 amide bonds. The van der Waals surface area contributed by atoms with E-state index in [1.165, 1.54) is 21.3 Å². The average molecular weight is 414 g/mol. The van der Waals surface area contributed by atoms with Gasteiger partial charge in [-0.25, -0.2) is 4.98 Å². The highest BCUT2D eigenvalue weighted by Crippen LogP contribution is 2.44. The Balaban J connectivity index is 2.77. The second-order valence-electron chi connectivity index (χ2n) is 5.56. The molecule has 2 aromatic rings. The van der Waals surface area contributed by atoms with Crippen LogP contribution in [-0.2, 0) is 4.79 Å². The lowest BCUT2D eigenvalue weighted by atomic mass is 9.96. The predicted molar refractivity (Wildman–Crippen MR) is 106 cm³/mol. The Morgan fingerprint density at radius 3 is 2.17 bits per heavy atom. The predicted octanol–water partition coefficient (Wildman–Crippen LogP) is 2.67. The summed E-state index contributed by atoms with van der Waals surface area (Å²) in [7, 11) is 4.36. The number of anilines is 1. The Hall–Kier alpha value is -3.63. The minimum absolute atomic E-state index is 0.0263. The summed E-state index contributed by atoms with van der Waals surface area (Å²) in [5.41, 5.74) is 6.81. The lowest BCUT2D eigenvalue weighted by Gasteiger charge is -2.17. The summed E-state index contributed by atoms with van der Waals surface area (Å²) in [6.07, 6.45) is -0.114. The lowest BCUT2D eigenvalue weighted by molar-refractivity contribution is -0.136. The van der Waals surface area contributed by atoms with E-state index in [0.29, 0.717) is 22.8 Å². The number of hydrogen-bond donors (Lipinski definition) is 2. The number of nitrogens with zero attached hydrogens (tertiary/aromatic N) is 3. The van der Waals surface area contributed by atoms with Crippen LogP contribution in [0.3, 0.4) is 0 Å². The molecule has 150 valence electrons. The third-order valence-corrected chi connectivity index (χ3v) is 4.90. The zero-order valence-corrected chi connectivity index (χ0v) is 16.8. The number of carboxylic acid groups (broad SMARTS) is 1. The van der Waals surface area contributed by atoms with Crippen LogP contribution in [0, 0.1) is 22.7 Å². The van der Waals surface area contributed by atoms with Gasteiger partial charge in [-0.2, -0.15) is 10.5 Å². The summed E-state index contributed by atoms with van der Waals surface area (Å²) in [6, 6.07) is 7.24. The van der Waals surface area contributed by atoms with E-state index in [-0.39, 0.29) is 39.7 Å². The molecule has 0 saturated heterocycles. The molecule has 3 N–H and O–H groups in total. The van der Waals surface area contributed by atoms with E-state index in [2.05, 4.69) is 11.1 Å². The SMILES string of the molecule is COc1cc(-c2c(C#N)c(N)nc(SCCC(=O)O)c2C#N)cc(OC)c1OC. The van der Waals surface area contributed by atoms with E-state index in [1.807, 2.05) is 6.07 Å². The fraction of sp³-hybridized carbons (Fsp3) is 0.263. The molecule has 0 spiro atoms. The van der Waals surface area contributed by atoms with Gasteiger partial charge in [0.15, 0.2) is 11.5 Å². The number of methoxy groups -OCH3 is 3. The Morgan fingerprint density at radius 1 is 1.14 bits per heavy atom. The fourth-order valence-electron chi connectivity index (χ4n) is 2.65. The molecule has 0 aliphatic carbocycles. The van der Waals surface area contributed by atoms with Crippen molar-refractivity contribution in [2.24, 2.45) is 0 Å². The first-order chi connectivity index (χ1) is 13.9. The number of pyridine rings is 1. The molecular weight excluding hydrogens is 396 g/mol. The minimum atomic E-state index is -0.970. The van der Waals surface area contributed by atoms with Crippen LogP contribution in [0.25, 0.3) is 11.1 Å². The number of rotatable bonds is 8. The maximum absolute atomic E-state index is 10.8. The largest absolute Gasteiger partial charge is 0.493 e. The Bertz CT molecular complexity index is 1000. The number of hydrogen-bond acceptors (Lipinski definition) is 9. The molecule has 0 bridgehead atoms. The summed E-state index contributed by atoms with van der Waals surface area (Å²) in [5.74, 6) is 0.191. The van der Waals surface area contributed by atoms with E-state index >= 15 is 0 Å². The van der Waals surface area contributed by atoms with Crippen LogP contribution < -0.4 is 19.9 Å². The summed E-state index contributed by atoms with van der Waals surface area (Å²) >= 11 is 1.08. The molecule has 0 radical (unpaired) electrons. The Labute approximate surface area is 171 Å². The van der Waals surface area contributed by atoms with Gasteiger partial charge in [0.25, 0.3) is 0 Å². The van der Waals surface area contributed by atoms with Crippen LogP contribution in [0.15, 0.2) is 17.2 Å². The third-order valence-electron chi connectivity index (χ3n) is 3.92. The van der Waals surface area contributed by atoms with Crippen LogP contribution in [-0.4, -0.2) is 43.1 Å². The number of thioether (sulfide) groups is 1. The normalized spacial score (nSPS) is 9.97. The van der Waals surface area contributed by atoms with Crippen molar-refractivity contribution >= 4 is 23.5 Å². The smallest absolute Gasteiger partial charge is 0.304 e.